The number of amides is 1. The van der Waals surface area contributed by atoms with Gasteiger partial charge in [-0.1, -0.05) is 18.2 Å². The summed E-state index contributed by atoms with van der Waals surface area (Å²) in [6.07, 6.45) is -1.16. The minimum atomic E-state index is -1.16. The molecule has 1 heterocycles. The van der Waals surface area contributed by atoms with E-state index in [1.807, 2.05) is 6.07 Å². The van der Waals surface area contributed by atoms with E-state index in [-0.39, 0.29) is 10.8 Å². The molecule has 0 aliphatic carbocycles. The fourth-order valence-electron chi connectivity index (χ4n) is 2.69. The quantitative estimate of drug-likeness (QED) is 0.625. The van der Waals surface area contributed by atoms with Gasteiger partial charge in [0.25, 0.3) is 17.0 Å². The van der Waals surface area contributed by atoms with Gasteiger partial charge in [0.05, 0.1) is 22.4 Å². The van der Waals surface area contributed by atoms with E-state index in [9.17, 15) is 19.2 Å². The third-order valence-electron chi connectivity index (χ3n) is 4.11. The number of H-pyrrole nitrogens is 1. The van der Waals surface area contributed by atoms with E-state index in [2.05, 4.69) is 10.4 Å². The SMILES string of the molecule is CC(OC(=O)Cn1[nH]c(=O)c2ccccc2c1=O)C(=O)Nc1cccc(C#N)c1. The number of aromatic amines is 1. The predicted octanol–water partition coefficient (Wildman–Crippen LogP) is 1.13. The van der Waals surface area contributed by atoms with Crippen LogP contribution in [0.5, 0.6) is 0 Å². The summed E-state index contributed by atoms with van der Waals surface area (Å²) in [6, 6.07) is 14.4. The zero-order chi connectivity index (χ0) is 21.0. The number of hydrogen-bond acceptors (Lipinski definition) is 6. The molecule has 3 rings (SSSR count). The Hall–Kier alpha value is -4.19. The van der Waals surface area contributed by atoms with Crippen LogP contribution >= 0.6 is 0 Å². The summed E-state index contributed by atoms with van der Waals surface area (Å²) in [5, 5.41) is 14.1. The standard InChI is InChI=1S/C20H16N4O5/c1-12(18(26)22-14-6-4-5-13(9-14)10-21)29-17(25)11-24-20(28)16-8-3-2-7-15(16)19(27)23-24/h2-9,12H,11H2,1H3,(H,22,26)(H,23,27). The van der Waals surface area contributed by atoms with Crippen molar-refractivity contribution in [3.05, 3.63) is 74.8 Å². The molecular formula is C20H16N4O5. The Morgan fingerprint density at radius 3 is 2.62 bits per heavy atom. The zero-order valence-corrected chi connectivity index (χ0v) is 15.3. The van der Waals surface area contributed by atoms with Crippen LogP contribution in [0.15, 0.2) is 58.1 Å². The van der Waals surface area contributed by atoms with Crippen LogP contribution in [0.2, 0.25) is 0 Å². The van der Waals surface area contributed by atoms with Crippen LogP contribution < -0.4 is 16.4 Å². The van der Waals surface area contributed by atoms with Gasteiger partial charge in [0, 0.05) is 5.69 Å². The van der Waals surface area contributed by atoms with Gasteiger partial charge in [-0.2, -0.15) is 5.26 Å². The summed E-state index contributed by atoms with van der Waals surface area (Å²) in [4.78, 5) is 48.8. The number of nitriles is 1. The summed E-state index contributed by atoms with van der Waals surface area (Å²) < 4.78 is 5.90. The van der Waals surface area contributed by atoms with Crippen LogP contribution in [0.25, 0.3) is 10.8 Å². The average molecular weight is 392 g/mol. The number of benzene rings is 2. The van der Waals surface area contributed by atoms with E-state index < -0.39 is 35.6 Å². The Balaban J connectivity index is 1.69. The highest BCUT2D eigenvalue weighted by Crippen LogP contribution is 2.11. The van der Waals surface area contributed by atoms with Gasteiger partial charge in [0.15, 0.2) is 6.10 Å². The fourth-order valence-corrected chi connectivity index (χ4v) is 2.69. The second kappa shape index (κ2) is 8.22. The summed E-state index contributed by atoms with van der Waals surface area (Å²) in [5.74, 6) is -1.47. The number of ether oxygens (including phenoxy) is 1. The Bertz CT molecular complexity index is 1250. The lowest BCUT2D eigenvalue weighted by Gasteiger charge is -2.14. The molecule has 1 aromatic heterocycles. The number of anilines is 1. The van der Waals surface area contributed by atoms with Crippen LogP contribution in [0, 0.1) is 11.3 Å². The van der Waals surface area contributed by atoms with Gasteiger partial charge < -0.3 is 10.1 Å². The van der Waals surface area contributed by atoms with Crippen LogP contribution in [-0.2, 0) is 20.9 Å². The molecule has 9 nitrogen and oxygen atoms in total. The number of nitrogens with one attached hydrogen (secondary N) is 2. The Morgan fingerprint density at radius 2 is 1.90 bits per heavy atom. The fraction of sp³-hybridized carbons (Fsp3) is 0.150. The van der Waals surface area contributed by atoms with Gasteiger partial charge in [-0.3, -0.25) is 24.3 Å². The van der Waals surface area contributed by atoms with Crippen LogP contribution in [0.4, 0.5) is 5.69 Å². The van der Waals surface area contributed by atoms with E-state index >= 15 is 0 Å². The Labute approximate surface area is 164 Å². The number of nitrogens with zero attached hydrogens (tertiary/aromatic N) is 2. The highest BCUT2D eigenvalue weighted by molar-refractivity contribution is 5.95. The molecule has 0 aliphatic rings. The lowest BCUT2D eigenvalue weighted by molar-refractivity contribution is -0.154. The first-order valence-electron chi connectivity index (χ1n) is 8.61. The normalized spacial score (nSPS) is 11.4. The van der Waals surface area contributed by atoms with Crippen molar-refractivity contribution >= 4 is 28.3 Å². The van der Waals surface area contributed by atoms with Gasteiger partial charge in [-0.05, 0) is 37.3 Å². The van der Waals surface area contributed by atoms with Gasteiger partial charge >= 0.3 is 5.97 Å². The second-order valence-corrected chi connectivity index (χ2v) is 6.19. The molecule has 0 saturated heterocycles. The lowest BCUT2D eigenvalue weighted by atomic mass is 10.2. The molecule has 1 unspecified atom stereocenters. The zero-order valence-electron chi connectivity index (χ0n) is 15.3. The van der Waals surface area contributed by atoms with Crippen molar-refractivity contribution in [3.8, 4) is 6.07 Å². The highest BCUT2D eigenvalue weighted by Gasteiger charge is 2.19. The lowest BCUT2D eigenvalue weighted by Crippen LogP contribution is -2.35. The molecule has 29 heavy (non-hydrogen) atoms. The molecule has 146 valence electrons. The molecule has 0 fully saturated rings. The molecule has 0 radical (unpaired) electrons. The number of hydrogen-bond donors (Lipinski definition) is 2. The first-order chi connectivity index (χ1) is 13.9. The van der Waals surface area contributed by atoms with Gasteiger partial charge in [-0.15, -0.1) is 0 Å². The van der Waals surface area contributed by atoms with Crippen molar-refractivity contribution < 1.29 is 14.3 Å². The molecule has 1 amide bonds. The van der Waals surface area contributed by atoms with Gasteiger partial charge in [0.2, 0.25) is 0 Å². The van der Waals surface area contributed by atoms with E-state index in [1.54, 1.807) is 30.3 Å². The number of esters is 1. The second-order valence-electron chi connectivity index (χ2n) is 6.19. The minimum absolute atomic E-state index is 0.173. The van der Waals surface area contributed by atoms with Crippen molar-refractivity contribution in [1.29, 1.82) is 5.26 Å². The summed E-state index contributed by atoms with van der Waals surface area (Å²) in [7, 11) is 0. The van der Waals surface area contributed by atoms with Crippen molar-refractivity contribution in [2.45, 2.75) is 19.6 Å². The van der Waals surface area contributed by atoms with Crippen molar-refractivity contribution in [1.82, 2.24) is 9.78 Å². The maximum Gasteiger partial charge on any atom is 0.328 e. The molecule has 1 atom stereocenters. The topological polar surface area (TPSA) is 134 Å². The Morgan fingerprint density at radius 1 is 1.17 bits per heavy atom. The van der Waals surface area contributed by atoms with Crippen LogP contribution in [0.3, 0.4) is 0 Å². The average Bonchev–Trinajstić information content (AvgIpc) is 2.71. The molecule has 2 aromatic carbocycles. The predicted molar refractivity (Wildman–Crippen MR) is 104 cm³/mol. The van der Waals surface area contributed by atoms with Crippen molar-refractivity contribution in [2.75, 3.05) is 5.32 Å². The summed E-state index contributed by atoms with van der Waals surface area (Å²) in [5.41, 5.74) is -0.321. The maximum absolute atomic E-state index is 12.4. The monoisotopic (exact) mass is 392 g/mol. The van der Waals surface area contributed by atoms with E-state index in [0.29, 0.717) is 11.3 Å². The number of fused-ring (bicyclic) bond motifs is 1. The summed E-state index contributed by atoms with van der Waals surface area (Å²) in [6.45, 7) is 0.813. The largest absolute Gasteiger partial charge is 0.451 e. The smallest absolute Gasteiger partial charge is 0.328 e. The molecular weight excluding hydrogens is 376 g/mol. The minimum Gasteiger partial charge on any atom is -0.451 e. The van der Waals surface area contributed by atoms with E-state index in [4.69, 9.17) is 10.00 Å². The number of aromatic nitrogens is 2. The maximum atomic E-state index is 12.4. The van der Waals surface area contributed by atoms with Gasteiger partial charge in [-0.25, -0.2) is 4.68 Å². The Kier molecular flexibility index (Phi) is 5.55. The van der Waals surface area contributed by atoms with Crippen molar-refractivity contribution in [2.24, 2.45) is 0 Å². The van der Waals surface area contributed by atoms with E-state index in [0.717, 1.165) is 4.68 Å². The van der Waals surface area contributed by atoms with Crippen LogP contribution in [0.1, 0.15) is 12.5 Å². The molecule has 0 bridgehead atoms. The molecule has 0 aliphatic heterocycles. The molecule has 0 spiro atoms. The molecule has 0 saturated carbocycles. The number of carbonyl (C=O) groups excluding carboxylic acids is 2. The first kappa shape index (κ1) is 19.6. The first-order valence-corrected chi connectivity index (χ1v) is 8.61. The summed E-state index contributed by atoms with van der Waals surface area (Å²) >= 11 is 0. The van der Waals surface area contributed by atoms with Gasteiger partial charge in [0.1, 0.15) is 6.54 Å². The number of rotatable bonds is 5. The number of carbonyl (C=O) groups is 2. The van der Waals surface area contributed by atoms with E-state index in [1.165, 1.54) is 25.1 Å². The molecule has 9 heteroatoms. The molecule has 3 aromatic rings. The third kappa shape index (κ3) is 4.39. The highest BCUT2D eigenvalue weighted by atomic mass is 16.5. The van der Waals surface area contributed by atoms with Crippen molar-refractivity contribution in [3.63, 3.8) is 0 Å². The third-order valence-corrected chi connectivity index (χ3v) is 4.11. The molecule has 2 N–H and O–H groups in total. The van der Waals surface area contributed by atoms with Crippen LogP contribution in [-0.4, -0.2) is 27.8 Å².